The highest BCUT2D eigenvalue weighted by atomic mass is 35.5. The lowest BCUT2D eigenvalue weighted by Gasteiger charge is -2.10. The van der Waals surface area contributed by atoms with Crippen LogP contribution in [0.4, 0.5) is 10.5 Å². The van der Waals surface area contributed by atoms with E-state index in [0.29, 0.717) is 22.7 Å². The molecule has 31 heavy (non-hydrogen) atoms. The Kier molecular flexibility index (Phi) is 7.10. The Labute approximate surface area is 190 Å². The van der Waals surface area contributed by atoms with Crippen molar-refractivity contribution in [2.45, 2.75) is 19.8 Å². The summed E-state index contributed by atoms with van der Waals surface area (Å²) in [4.78, 5) is 37.1. The zero-order valence-electron chi connectivity index (χ0n) is 16.9. The summed E-state index contributed by atoms with van der Waals surface area (Å²) in [5.74, 6) is -0.443. The molecule has 0 unspecified atom stereocenters. The normalized spacial score (nSPS) is 10.6. The molecule has 0 aliphatic rings. The summed E-state index contributed by atoms with van der Waals surface area (Å²) < 4.78 is 0. The number of carbonyl (C=O) groups excluding carboxylic acids is 3. The fourth-order valence-electron chi connectivity index (χ4n) is 2.93. The highest BCUT2D eigenvalue weighted by Crippen LogP contribution is 2.24. The molecule has 3 rings (SSSR count). The number of ketones is 1. The van der Waals surface area contributed by atoms with Gasteiger partial charge in [0.1, 0.15) is 0 Å². The molecule has 0 atom stereocenters. The lowest BCUT2D eigenvalue weighted by molar-refractivity contribution is 0.0966. The highest BCUT2D eigenvalue weighted by molar-refractivity contribution is 6.40. The first-order valence-electron chi connectivity index (χ1n) is 9.57. The van der Waals surface area contributed by atoms with Crippen molar-refractivity contribution in [3.05, 3.63) is 99.0 Å². The van der Waals surface area contributed by atoms with Crippen LogP contribution in [0.3, 0.4) is 0 Å². The number of amides is 3. The van der Waals surface area contributed by atoms with Crippen molar-refractivity contribution >= 4 is 46.6 Å². The Morgan fingerprint density at radius 1 is 0.774 bits per heavy atom. The summed E-state index contributed by atoms with van der Waals surface area (Å²) in [5.41, 5.74) is 2.68. The van der Waals surface area contributed by atoms with Crippen molar-refractivity contribution in [2.24, 2.45) is 0 Å². The summed E-state index contributed by atoms with van der Waals surface area (Å²) >= 11 is 12.0. The molecule has 3 amide bonds. The Bertz CT molecular complexity index is 1100. The van der Waals surface area contributed by atoms with Crippen LogP contribution in [0.1, 0.15) is 51.6 Å². The summed E-state index contributed by atoms with van der Waals surface area (Å²) in [5, 5.41) is 5.00. The highest BCUT2D eigenvalue weighted by Gasteiger charge is 2.17. The van der Waals surface area contributed by atoms with E-state index < -0.39 is 11.9 Å². The van der Waals surface area contributed by atoms with Crippen LogP contribution in [0.5, 0.6) is 0 Å². The zero-order chi connectivity index (χ0) is 22.5. The third-order valence-corrected chi connectivity index (χ3v) is 5.29. The van der Waals surface area contributed by atoms with E-state index in [1.165, 1.54) is 12.1 Å². The van der Waals surface area contributed by atoms with Gasteiger partial charge in [-0.1, -0.05) is 67.4 Å². The minimum Gasteiger partial charge on any atom is -0.308 e. The molecule has 0 saturated carbocycles. The maximum absolute atomic E-state index is 12.7. The van der Waals surface area contributed by atoms with Crippen LogP contribution < -0.4 is 10.6 Å². The zero-order valence-corrected chi connectivity index (χ0v) is 18.4. The molecule has 0 aliphatic heterocycles. The van der Waals surface area contributed by atoms with E-state index in [0.717, 1.165) is 5.56 Å². The van der Waals surface area contributed by atoms with Crippen molar-refractivity contribution in [1.82, 2.24) is 5.32 Å². The van der Waals surface area contributed by atoms with Crippen LogP contribution in [0.25, 0.3) is 0 Å². The fraction of sp³-hybridized carbons (Fsp3) is 0.125. The van der Waals surface area contributed by atoms with E-state index in [9.17, 15) is 14.4 Å². The van der Waals surface area contributed by atoms with E-state index in [1.54, 1.807) is 30.3 Å². The van der Waals surface area contributed by atoms with Gasteiger partial charge in [-0.15, -0.1) is 0 Å². The number of imide groups is 1. The van der Waals surface area contributed by atoms with Crippen LogP contribution in [-0.4, -0.2) is 17.7 Å². The van der Waals surface area contributed by atoms with Crippen molar-refractivity contribution in [3.63, 3.8) is 0 Å². The molecular formula is C24H20Cl2N2O3. The predicted octanol–water partition coefficient (Wildman–Crippen LogP) is 6.31. The lowest BCUT2D eigenvalue weighted by Crippen LogP contribution is -2.34. The van der Waals surface area contributed by atoms with Crippen LogP contribution in [-0.2, 0) is 0 Å². The Balaban J connectivity index is 1.64. The number of urea groups is 1. The quantitative estimate of drug-likeness (QED) is 0.443. The molecule has 0 heterocycles. The van der Waals surface area contributed by atoms with Crippen LogP contribution in [0.2, 0.25) is 10.0 Å². The van der Waals surface area contributed by atoms with Crippen molar-refractivity contribution < 1.29 is 14.4 Å². The fourth-order valence-corrected chi connectivity index (χ4v) is 3.50. The molecule has 0 fully saturated rings. The molecule has 0 bridgehead atoms. The number of benzene rings is 3. The largest absolute Gasteiger partial charge is 0.326 e. The first-order chi connectivity index (χ1) is 14.8. The number of carbonyl (C=O) groups is 3. The summed E-state index contributed by atoms with van der Waals surface area (Å²) in [6.07, 6.45) is 0. The van der Waals surface area contributed by atoms with Crippen molar-refractivity contribution in [1.29, 1.82) is 0 Å². The van der Waals surface area contributed by atoms with Crippen molar-refractivity contribution in [2.75, 3.05) is 5.32 Å². The van der Waals surface area contributed by atoms with Gasteiger partial charge in [-0.2, -0.15) is 0 Å². The molecule has 3 aromatic carbocycles. The number of halogens is 2. The minimum absolute atomic E-state index is 0.0189. The SMILES string of the molecule is CC(C)c1ccc(C(=O)c2ccc(NC(=O)NC(=O)c3c(Cl)cccc3Cl)cc2)cc1. The van der Waals surface area contributed by atoms with Gasteiger partial charge in [-0.3, -0.25) is 14.9 Å². The molecule has 7 heteroatoms. The number of anilines is 1. The van der Waals surface area contributed by atoms with E-state index in [4.69, 9.17) is 23.2 Å². The molecule has 0 aliphatic carbocycles. The monoisotopic (exact) mass is 454 g/mol. The molecule has 158 valence electrons. The Morgan fingerprint density at radius 2 is 1.29 bits per heavy atom. The third-order valence-electron chi connectivity index (χ3n) is 4.66. The van der Waals surface area contributed by atoms with E-state index in [-0.39, 0.29) is 21.4 Å². The molecule has 0 radical (unpaired) electrons. The van der Waals surface area contributed by atoms with Crippen LogP contribution in [0, 0.1) is 0 Å². The predicted molar refractivity (Wildman–Crippen MR) is 123 cm³/mol. The Hall–Kier alpha value is -3.15. The lowest BCUT2D eigenvalue weighted by atomic mass is 9.98. The number of hydrogen-bond acceptors (Lipinski definition) is 3. The molecule has 2 N–H and O–H groups in total. The van der Waals surface area contributed by atoms with Gasteiger partial charge in [0.15, 0.2) is 5.78 Å². The topological polar surface area (TPSA) is 75.3 Å². The summed E-state index contributed by atoms with van der Waals surface area (Å²) in [6.45, 7) is 4.19. The second-order valence-electron chi connectivity index (χ2n) is 7.19. The first-order valence-corrected chi connectivity index (χ1v) is 10.3. The minimum atomic E-state index is -0.746. The molecule has 3 aromatic rings. The average molecular weight is 455 g/mol. The van der Waals surface area contributed by atoms with Crippen LogP contribution in [0.15, 0.2) is 66.7 Å². The molecule has 0 saturated heterocycles. The van der Waals surface area contributed by atoms with E-state index >= 15 is 0 Å². The number of hydrogen-bond donors (Lipinski definition) is 2. The van der Waals surface area contributed by atoms with Gasteiger partial charge in [0, 0.05) is 16.8 Å². The van der Waals surface area contributed by atoms with Gasteiger partial charge in [0.25, 0.3) is 5.91 Å². The van der Waals surface area contributed by atoms with Gasteiger partial charge < -0.3 is 5.32 Å². The molecule has 0 spiro atoms. The van der Waals surface area contributed by atoms with E-state index in [1.807, 2.05) is 24.3 Å². The molecular weight excluding hydrogens is 435 g/mol. The van der Waals surface area contributed by atoms with Crippen LogP contribution >= 0.6 is 23.2 Å². The molecule has 0 aromatic heterocycles. The molecule has 5 nitrogen and oxygen atoms in total. The van der Waals surface area contributed by atoms with Gasteiger partial charge in [-0.05, 0) is 47.9 Å². The smallest absolute Gasteiger partial charge is 0.308 e. The standard InChI is InChI=1S/C24H20Cl2N2O3/c1-14(2)15-6-8-16(9-7-15)22(29)17-10-12-18(13-11-17)27-24(31)28-23(30)21-19(25)4-3-5-20(21)26/h3-14H,1-2H3,(H2,27,28,30,31). The third kappa shape index (κ3) is 5.51. The second-order valence-corrected chi connectivity index (χ2v) is 8.00. The average Bonchev–Trinajstić information content (AvgIpc) is 2.73. The maximum atomic E-state index is 12.7. The Morgan fingerprint density at radius 3 is 1.81 bits per heavy atom. The number of nitrogens with one attached hydrogen (secondary N) is 2. The summed E-state index contributed by atoms with van der Waals surface area (Å²) in [7, 11) is 0. The van der Waals surface area contributed by atoms with Gasteiger partial charge in [-0.25, -0.2) is 4.79 Å². The van der Waals surface area contributed by atoms with Crippen molar-refractivity contribution in [3.8, 4) is 0 Å². The number of rotatable bonds is 5. The van der Waals surface area contributed by atoms with E-state index in [2.05, 4.69) is 24.5 Å². The van der Waals surface area contributed by atoms with Gasteiger partial charge in [0.05, 0.1) is 15.6 Å². The summed E-state index contributed by atoms with van der Waals surface area (Å²) in [6, 6.07) is 17.8. The first kappa shape index (κ1) is 22.5. The van der Waals surface area contributed by atoms with Gasteiger partial charge >= 0.3 is 6.03 Å². The van der Waals surface area contributed by atoms with Gasteiger partial charge in [0.2, 0.25) is 0 Å². The second kappa shape index (κ2) is 9.77. The maximum Gasteiger partial charge on any atom is 0.326 e.